The molecule has 9 heteroatoms. The lowest BCUT2D eigenvalue weighted by Crippen LogP contribution is -2.55. The number of rotatable bonds is 6. The highest BCUT2D eigenvalue weighted by atomic mass is 16.5. The number of phenols is 1. The van der Waals surface area contributed by atoms with E-state index in [-0.39, 0.29) is 22.6 Å². The van der Waals surface area contributed by atoms with Crippen molar-refractivity contribution in [2.45, 2.75) is 30.5 Å². The highest BCUT2D eigenvalue weighted by Crippen LogP contribution is 2.40. The Morgan fingerprint density at radius 3 is 2.61 bits per heavy atom. The van der Waals surface area contributed by atoms with Gasteiger partial charge < -0.3 is 39.4 Å². The third kappa shape index (κ3) is 4.37. The molecule has 0 amide bonds. The number of aromatic hydroxyl groups is 1. The molecule has 33 heavy (non-hydrogen) atoms. The molecule has 1 aromatic heterocycles. The van der Waals surface area contributed by atoms with Gasteiger partial charge in [0.05, 0.1) is 25.5 Å². The molecule has 0 bridgehead atoms. The molecule has 0 aliphatic carbocycles. The van der Waals surface area contributed by atoms with Gasteiger partial charge in [0.2, 0.25) is 0 Å². The summed E-state index contributed by atoms with van der Waals surface area (Å²) in [5.74, 6) is -0.767. The number of allylic oxidation sites excluding steroid dienone is 1. The first-order chi connectivity index (χ1) is 15.8. The number of furan rings is 1. The molecule has 5 unspecified atom stereocenters. The molecule has 1 saturated heterocycles. The Morgan fingerprint density at radius 1 is 1.09 bits per heavy atom. The van der Waals surface area contributed by atoms with E-state index in [0.29, 0.717) is 0 Å². The van der Waals surface area contributed by atoms with Crippen molar-refractivity contribution in [1.82, 2.24) is 0 Å². The lowest BCUT2D eigenvalue weighted by Gasteiger charge is -2.40. The van der Waals surface area contributed by atoms with Crippen molar-refractivity contribution >= 4 is 22.8 Å². The minimum absolute atomic E-state index is 0.0802. The molecule has 0 saturated carbocycles. The number of carbonyl (C=O) groups is 1. The Morgan fingerprint density at radius 2 is 1.88 bits per heavy atom. The predicted octanol–water partition coefficient (Wildman–Crippen LogP) is 1.56. The zero-order valence-corrected chi connectivity index (χ0v) is 17.7. The van der Waals surface area contributed by atoms with Crippen molar-refractivity contribution in [3.05, 3.63) is 65.4 Å². The molecular weight excluding hydrogens is 432 g/mol. The van der Waals surface area contributed by atoms with E-state index in [2.05, 4.69) is 0 Å². The fourth-order valence-corrected chi connectivity index (χ4v) is 3.89. The number of hydrogen-bond acceptors (Lipinski definition) is 9. The monoisotopic (exact) mass is 456 g/mol. The second-order valence-corrected chi connectivity index (χ2v) is 7.78. The summed E-state index contributed by atoms with van der Waals surface area (Å²) in [4.78, 5) is 12.9. The van der Waals surface area contributed by atoms with Crippen LogP contribution in [0.2, 0.25) is 0 Å². The maximum absolute atomic E-state index is 12.9. The molecular formula is C24H24O9. The third-order valence-electron chi connectivity index (χ3n) is 5.72. The van der Waals surface area contributed by atoms with E-state index in [1.807, 2.05) is 6.07 Å². The molecule has 2 aromatic carbocycles. The van der Waals surface area contributed by atoms with Crippen molar-refractivity contribution in [1.29, 1.82) is 0 Å². The Bertz CT molecular complexity index is 1180. The first-order valence-electron chi connectivity index (χ1n) is 10.2. The van der Waals surface area contributed by atoms with E-state index in [1.54, 1.807) is 30.5 Å². The summed E-state index contributed by atoms with van der Waals surface area (Å²) in [6, 6.07) is 9.71. The molecule has 174 valence electrons. The van der Waals surface area contributed by atoms with Gasteiger partial charge in [0.15, 0.2) is 5.78 Å². The number of ether oxygens (including phenoxy) is 2. The van der Waals surface area contributed by atoms with Crippen molar-refractivity contribution in [2.75, 3.05) is 13.7 Å². The van der Waals surface area contributed by atoms with Gasteiger partial charge in [-0.05, 0) is 35.9 Å². The number of aliphatic hydroxyl groups excluding tert-OH is 4. The summed E-state index contributed by atoms with van der Waals surface area (Å²) in [6.45, 7) is -0.600. The van der Waals surface area contributed by atoms with E-state index in [0.717, 1.165) is 16.5 Å². The van der Waals surface area contributed by atoms with Crippen molar-refractivity contribution in [3.8, 4) is 11.5 Å². The van der Waals surface area contributed by atoms with Crippen LogP contribution in [0.25, 0.3) is 17.0 Å². The van der Waals surface area contributed by atoms with Crippen LogP contribution < -0.4 is 4.74 Å². The molecule has 9 nitrogen and oxygen atoms in total. The van der Waals surface area contributed by atoms with E-state index in [1.165, 1.54) is 25.3 Å². The summed E-state index contributed by atoms with van der Waals surface area (Å²) in [5, 5.41) is 51.4. The van der Waals surface area contributed by atoms with Gasteiger partial charge >= 0.3 is 0 Å². The van der Waals surface area contributed by atoms with Crippen LogP contribution in [0.3, 0.4) is 0 Å². The first-order valence-corrected chi connectivity index (χ1v) is 10.2. The average molecular weight is 456 g/mol. The fourth-order valence-electron chi connectivity index (χ4n) is 3.89. The van der Waals surface area contributed by atoms with E-state index < -0.39 is 42.9 Å². The lowest BCUT2D eigenvalue weighted by molar-refractivity contribution is -0.232. The van der Waals surface area contributed by atoms with E-state index in [9.17, 15) is 30.3 Å². The molecule has 4 rings (SSSR count). The SMILES string of the molecule is COc1cc(O)c(C(=O)/C=C/c2ccc3occc3c2)cc1C1OC(CO)C(O)C(O)C1O. The van der Waals surface area contributed by atoms with Gasteiger partial charge in [-0.25, -0.2) is 0 Å². The number of aliphatic hydroxyl groups is 4. The normalized spacial score (nSPS) is 25.5. The van der Waals surface area contributed by atoms with Crippen LogP contribution in [0.5, 0.6) is 11.5 Å². The number of phenolic OH excluding ortho intramolecular Hbond substituents is 1. The van der Waals surface area contributed by atoms with Crippen LogP contribution in [0, 0.1) is 0 Å². The summed E-state index contributed by atoms with van der Waals surface area (Å²) < 4.78 is 16.1. The number of ketones is 1. The van der Waals surface area contributed by atoms with E-state index >= 15 is 0 Å². The van der Waals surface area contributed by atoms with Gasteiger partial charge in [0.1, 0.15) is 47.6 Å². The van der Waals surface area contributed by atoms with Crippen LogP contribution in [-0.4, -0.2) is 69.4 Å². The maximum atomic E-state index is 12.9. The lowest BCUT2D eigenvalue weighted by atomic mass is 9.89. The van der Waals surface area contributed by atoms with Crippen molar-refractivity contribution in [2.24, 2.45) is 0 Å². The van der Waals surface area contributed by atoms with Crippen LogP contribution in [0.15, 0.2) is 53.2 Å². The Balaban J connectivity index is 1.66. The Hall–Kier alpha value is -3.21. The second-order valence-electron chi connectivity index (χ2n) is 7.78. The smallest absolute Gasteiger partial charge is 0.189 e. The van der Waals surface area contributed by atoms with E-state index in [4.69, 9.17) is 13.9 Å². The van der Waals surface area contributed by atoms with Crippen LogP contribution in [0.4, 0.5) is 0 Å². The molecule has 1 fully saturated rings. The molecule has 0 spiro atoms. The first kappa shape index (κ1) is 23.0. The summed E-state index contributed by atoms with van der Waals surface area (Å²) in [5.41, 5.74) is 1.56. The maximum Gasteiger partial charge on any atom is 0.189 e. The highest BCUT2D eigenvalue weighted by Gasteiger charge is 2.45. The number of benzene rings is 2. The average Bonchev–Trinajstić information content (AvgIpc) is 3.29. The van der Waals surface area contributed by atoms with Gasteiger partial charge in [-0.15, -0.1) is 0 Å². The number of methoxy groups -OCH3 is 1. The number of fused-ring (bicyclic) bond motifs is 1. The third-order valence-corrected chi connectivity index (χ3v) is 5.72. The van der Waals surface area contributed by atoms with Crippen molar-refractivity contribution in [3.63, 3.8) is 0 Å². The predicted molar refractivity (Wildman–Crippen MR) is 117 cm³/mol. The molecule has 5 N–H and O–H groups in total. The Kier molecular flexibility index (Phi) is 6.50. The minimum atomic E-state index is -1.60. The van der Waals surface area contributed by atoms with Crippen LogP contribution in [0.1, 0.15) is 27.6 Å². The highest BCUT2D eigenvalue weighted by molar-refractivity contribution is 6.09. The number of hydrogen-bond donors (Lipinski definition) is 5. The summed E-state index contributed by atoms with van der Waals surface area (Å²) in [6.07, 6.45) is -2.61. The molecule has 5 atom stereocenters. The molecule has 2 heterocycles. The quantitative estimate of drug-likeness (QED) is 0.275. The van der Waals surface area contributed by atoms with Gasteiger partial charge in [0.25, 0.3) is 0 Å². The molecule has 3 aromatic rings. The van der Waals surface area contributed by atoms with Crippen LogP contribution in [-0.2, 0) is 4.74 Å². The topological polar surface area (TPSA) is 150 Å². The summed E-state index contributed by atoms with van der Waals surface area (Å²) >= 11 is 0. The van der Waals surface area contributed by atoms with Gasteiger partial charge in [-0.3, -0.25) is 4.79 Å². The number of carbonyl (C=O) groups excluding carboxylic acids is 1. The zero-order valence-electron chi connectivity index (χ0n) is 17.7. The van der Waals surface area contributed by atoms with Gasteiger partial charge in [0, 0.05) is 17.0 Å². The van der Waals surface area contributed by atoms with Crippen molar-refractivity contribution < 1.29 is 44.2 Å². The fraction of sp³-hybridized carbons (Fsp3) is 0.292. The minimum Gasteiger partial charge on any atom is -0.507 e. The molecule has 1 aliphatic heterocycles. The zero-order chi connectivity index (χ0) is 23.7. The van der Waals surface area contributed by atoms with Gasteiger partial charge in [-0.1, -0.05) is 12.1 Å². The second kappa shape index (κ2) is 9.34. The molecule has 1 aliphatic rings. The Labute approximate surface area is 188 Å². The van der Waals surface area contributed by atoms with Crippen LogP contribution >= 0.6 is 0 Å². The van der Waals surface area contributed by atoms with Gasteiger partial charge in [-0.2, -0.15) is 0 Å². The standard InChI is InChI=1S/C24H24O9/c1-31-19-10-17(27)14(9-15(19)24-23(30)22(29)21(28)20(11-25)33-24)16(26)4-2-12-3-5-18-13(8-12)6-7-32-18/h2-10,20-25,27-30H,11H2,1H3/b4-2+. The summed E-state index contributed by atoms with van der Waals surface area (Å²) in [7, 11) is 1.33. The molecule has 0 radical (unpaired) electrons. The largest absolute Gasteiger partial charge is 0.507 e.